The lowest BCUT2D eigenvalue weighted by Gasteiger charge is -2.28. The van der Waals surface area contributed by atoms with Crippen LogP contribution in [0.1, 0.15) is 29.7 Å². The second kappa shape index (κ2) is 14.0. The molecular weight excluding hydrogens is 537 g/mol. The Morgan fingerprint density at radius 2 is 1.61 bits per heavy atom. The van der Waals surface area contributed by atoms with Gasteiger partial charge in [0.15, 0.2) is 5.17 Å². The molecular formula is C33H28FN3O3S. The number of hydrogen-bond acceptors (Lipinski definition) is 4. The van der Waals surface area contributed by atoms with Crippen LogP contribution in [0.2, 0.25) is 0 Å². The van der Waals surface area contributed by atoms with E-state index in [9.17, 15) is 18.8 Å². The summed E-state index contributed by atoms with van der Waals surface area (Å²) in [6.07, 6.45) is 7.69. The number of aliphatic imine (C=N–C) groups is 1. The number of thioether (sulfide) groups is 1. The number of carbonyl (C=O) groups excluding carboxylic acids is 3. The highest BCUT2D eigenvalue weighted by Crippen LogP contribution is 2.27. The summed E-state index contributed by atoms with van der Waals surface area (Å²) in [6.45, 7) is 5.39. The quantitative estimate of drug-likeness (QED) is 0.190. The molecule has 3 aromatic carbocycles. The Balaban J connectivity index is 1.61. The van der Waals surface area contributed by atoms with Gasteiger partial charge in [-0.25, -0.2) is 4.39 Å². The topological polar surface area (TPSA) is 78.8 Å². The fourth-order valence-electron chi connectivity index (χ4n) is 4.14. The van der Waals surface area contributed by atoms with Gasteiger partial charge in [0.05, 0.1) is 11.8 Å². The van der Waals surface area contributed by atoms with Crippen molar-refractivity contribution >= 4 is 40.7 Å². The molecule has 0 unspecified atom stereocenters. The van der Waals surface area contributed by atoms with Crippen LogP contribution in [0.25, 0.3) is 6.08 Å². The second-order valence-corrected chi connectivity index (χ2v) is 9.78. The van der Waals surface area contributed by atoms with Crippen LogP contribution in [0, 0.1) is 5.82 Å². The first-order valence-corrected chi connectivity index (χ1v) is 13.8. The van der Waals surface area contributed by atoms with Crippen LogP contribution in [-0.2, 0) is 14.4 Å². The van der Waals surface area contributed by atoms with Gasteiger partial charge < -0.3 is 5.32 Å². The molecule has 4 rings (SSSR count). The number of carbonyl (C=O) groups is 3. The normalized spacial score (nSPS) is 15.0. The lowest BCUT2D eigenvalue weighted by Crippen LogP contribution is -2.42. The molecule has 1 heterocycles. The Labute approximate surface area is 242 Å². The molecule has 6 nitrogen and oxygen atoms in total. The Morgan fingerprint density at radius 1 is 1.00 bits per heavy atom. The molecule has 8 heteroatoms. The fourth-order valence-corrected chi connectivity index (χ4v) is 4.95. The number of hydrogen-bond donors (Lipinski definition) is 1. The molecule has 0 bridgehead atoms. The summed E-state index contributed by atoms with van der Waals surface area (Å²) in [5.74, 6) is -2.49. The van der Waals surface area contributed by atoms with E-state index in [0.717, 1.165) is 22.9 Å². The van der Waals surface area contributed by atoms with Gasteiger partial charge in [-0.1, -0.05) is 115 Å². The second-order valence-electron chi connectivity index (χ2n) is 8.84. The van der Waals surface area contributed by atoms with Crippen LogP contribution >= 0.6 is 11.8 Å². The minimum Gasteiger partial charge on any atom is -0.344 e. The Kier molecular flexibility index (Phi) is 9.96. The van der Waals surface area contributed by atoms with E-state index < -0.39 is 23.7 Å². The van der Waals surface area contributed by atoms with E-state index in [0.29, 0.717) is 5.70 Å². The Bertz CT molecular complexity index is 1520. The van der Waals surface area contributed by atoms with Gasteiger partial charge >= 0.3 is 0 Å². The molecule has 0 atom stereocenters. The van der Waals surface area contributed by atoms with Gasteiger partial charge in [0.1, 0.15) is 11.4 Å². The van der Waals surface area contributed by atoms with Crippen molar-refractivity contribution in [2.75, 3.05) is 5.75 Å². The molecule has 206 valence electrons. The SMILES string of the molecule is C=C/C=C\C(=C/C)N1C(=O)/C(=C/c2ccccc2F)C(=O)N=C1SCC(=O)NC(c1ccccc1)c1ccccc1. The molecule has 1 aliphatic rings. The third-order valence-corrected chi connectivity index (χ3v) is 7.06. The third kappa shape index (κ3) is 7.23. The number of halogens is 1. The van der Waals surface area contributed by atoms with Crippen molar-refractivity contribution in [2.45, 2.75) is 13.0 Å². The molecule has 0 spiro atoms. The first-order chi connectivity index (χ1) is 19.9. The molecule has 0 saturated carbocycles. The third-order valence-electron chi connectivity index (χ3n) is 6.12. The maximum absolute atomic E-state index is 14.3. The van der Waals surface area contributed by atoms with Crippen molar-refractivity contribution in [1.29, 1.82) is 0 Å². The lowest BCUT2D eigenvalue weighted by atomic mass is 9.99. The summed E-state index contributed by atoms with van der Waals surface area (Å²) in [7, 11) is 0. The largest absolute Gasteiger partial charge is 0.344 e. The van der Waals surface area contributed by atoms with E-state index in [1.807, 2.05) is 60.7 Å². The van der Waals surface area contributed by atoms with Crippen molar-refractivity contribution < 1.29 is 18.8 Å². The first-order valence-electron chi connectivity index (χ1n) is 12.8. The van der Waals surface area contributed by atoms with Crippen LogP contribution in [0.15, 0.2) is 132 Å². The smallest absolute Gasteiger partial charge is 0.285 e. The van der Waals surface area contributed by atoms with E-state index >= 15 is 0 Å². The number of amides is 3. The summed E-state index contributed by atoms with van der Waals surface area (Å²) in [4.78, 5) is 45.2. The van der Waals surface area contributed by atoms with Crippen LogP contribution in [0.5, 0.6) is 0 Å². The molecule has 0 saturated heterocycles. The van der Waals surface area contributed by atoms with Crippen molar-refractivity contribution in [3.05, 3.63) is 150 Å². The standard InChI is InChI=1S/C33H28FN3O3S/c1-3-5-19-26(4-2)37-32(40)27(21-25-18-12-13-20-28(25)34)31(39)36-33(37)41-22-29(38)35-30(23-14-8-6-9-15-23)24-16-10-7-11-17-24/h3-21,30H,1,22H2,2H3,(H,35,38)/b19-5-,26-4+,27-21+. The van der Waals surface area contributed by atoms with Crippen LogP contribution in [0.3, 0.4) is 0 Å². The van der Waals surface area contributed by atoms with E-state index in [1.165, 1.54) is 29.2 Å². The highest BCUT2D eigenvalue weighted by molar-refractivity contribution is 8.14. The molecule has 1 N–H and O–H groups in total. The van der Waals surface area contributed by atoms with Crippen molar-refractivity contribution in [1.82, 2.24) is 10.2 Å². The monoisotopic (exact) mass is 565 g/mol. The van der Waals surface area contributed by atoms with Crippen LogP contribution in [-0.4, -0.2) is 33.5 Å². The Morgan fingerprint density at radius 3 is 2.20 bits per heavy atom. The molecule has 1 aliphatic heterocycles. The fraction of sp³-hybridized carbons (Fsp3) is 0.0909. The number of nitrogens with one attached hydrogen (secondary N) is 1. The zero-order valence-corrected chi connectivity index (χ0v) is 23.2. The van der Waals surface area contributed by atoms with Crippen LogP contribution < -0.4 is 5.32 Å². The predicted molar refractivity (Wildman–Crippen MR) is 162 cm³/mol. The number of amidine groups is 1. The molecule has 3 amide bonds. The minimum absolute atomic E-state index is 0.0404. The van der Waals surface area contributed by atoms with E-state index in [-0.39, 0.29) is 28.0 Å². The molecule has 41 heavy (non-hydrogen) atoms. The average Bonchev–Trinajstić information content (AvgIpc) is 3.00. The highest BCUT2D eigenvalue weighted by Gasteiger charge is 2.35. The van der Waals surface area contributed by atoms with Gasteiger partial charge in [0, 0.05) is 11.3 Å². The summed E-state index contributed by atoms with van der Waals surface area (Å²) in [6, 6.07) is 24.6. The van der Waals surface area contributed by atoms with Gasteiger partial charge in [0.2, 0.25) is 5.91 Å². The summed E-state index contributed by atoms with van der Waals surface area (Å²) in [5.41, 5.74) is 2.04. The molecule has 0 aliphatic carbocycles. The molecule has 3 aromatic rings. The van der Waals surface area contributed by atoms with Gasteiger partial charge in [-0.3, -0.25) is 19.3 Å². The van der Waals surface area contributed by atoms with Crippen molar-refractivity contribution in [2.24, 2.45) is 4.99 Å². The average molecular weight is 566 g/mol. The molecule has 0 aromatic heterocycles. The van der Waals surface area contributed by atoms with E-state index in [2.05, 4.69) is 16.9 Å². The molecule has 0 fully saturated rings. The number of benzene rings is 3. The zero-order chi connectivity index (χ0) is 29.2. The number of nitrogens with zero attached hydrogens (tertiary/aromatic N) is 2. The molecule has 0 radical (unpaired) electrons. The van der Waals surface area contributed by atoms with Crippen molar-refractivity contribution in [3.8, 4) is 0 Å². The summed E-state index contributed by atoms with van der Waals surface area (Å²) < 4.78 is 14.3. The first kappa shape index (κ1) is 29.2. The minimum atomic E-state index is -0.813. The van der Waals surface area contributed by atoms with Gasteiger partial charge in [-0.15, -0.1) is 0 Å². The van der Waals surface area contributed by atoms with E-state index in [4.69, 9.17) is 0 Å². The Hall–Kier alpha value is -4.82. The lowest BCUT2D eigenvalue weighted by molar-refractivity contribution is -0.126. The van der Waals surface area contributed by atoms with Gasteiger partial charge in [-0.05, 0) is 36.3 Å². The van der Waals surface area contributed by atoms with E-state index in [1.54, 1.807) is 37.3 Å². The van der Waals surface area contributed by atoms with Gasteiger partial charge in [0.25, 0.3) is 11.8 Å². The zero-order valence-electron chi connectivity index (χ0n) is 22.4. The summed E-state index contributed by atoms with van der Waals surface area (Å²) >= 11 is 0.962. The number of allylic oxidation sites excluding steroid dienone is 4. The number of rotatable bonds is 9. The summed E-state index contributed by atoms with van der Waals surface area (Å²) in [5, 5.41) is 3.09. The highest BCUT2D eigenvalue weighted by atomic mass is 32.2. The van der Waals surface area contributed by atoms with Crippen molar-refractivity contribution in [3.63, 3.8) is 0 Å². The van der Waals surface area contributed by atoms with Crippen LogP contribution in [0.4, 0.5) is 4.39 Å². The van der Waals surface area contributed by atoms with Gasteiger partial charge in [-0.2, -0.15) is 4.99 Å². The maximum atomic E-state index is 14.3. The maximum Gasteiger partial charge on any atom is 0.285 e. The predicted octanol–water partition coefficient (Wildman–Crippen LogP) is 6.22.